The van der Waals surface area contributed by atoms with E-state index in [1.165, 1.54) is 18.2 Å². The predicted octanol–water partition coefficient (Wildman–Crippen LogP) is 5.00. The van der Waals surface area contributed by atoms with Gasteiger partial charge in [-0.25, -0.2) is 9.97 Å². The second-order valence-corrected chi connectivity index (χ2v) is 7.97. The second kappa shape index (κ2) is 9.55. The minimum absolute atomic E-state index is 0.0254. The molecule has 3 aromatic rings. The number of rotatable bonds is 6. The Morgan fingerprint density at radius 1 is 1.23 bits per heavy atom. The summed E-state index contributed by atoms with van der Waals surface area (Å²) in [6, 6.07) is 15.1. The van der Waals surface area contributed by atoms with Gasteiger partial charge in [0.2, 0.25) is 5.91 Å². The van der Waals surface area contributed by atoms with E-state index in [1.54, 1.807) is 38.1 Å². The zero-order chi connectivity index (χ0) is 22.5. The van der Waals surface area contributed by atoms with Crippen molar-refractivity contribution >= 4 is 40.6 Å². The Balaban J connectivity index is 1.98. The van der Waals surface area contributed by atoms with E-state index in [1.807, 2.05) is 6.07 Å². The monoisotopic (exact) mass is 453 g/mol. The van der Waals surface area contributed by atoms with Gasteiger partial charge in [0.15, 0.2) is 0 Å². The van der Waals surface area contributed by atoms with Gasteiger partial charge < -0.3 is 5.32 Å². The van der Waals surface area contributed by atoms with Crippen LogP contribution in [0, 0.1) is 35.3 Å². The number of aryl methyl sites for hydroxylation is 2. The van der Waals surface area contributed by atoms with Crippen molar-refractivity contribution < 1.29 is 9.72 Å². The third kappa shape index (κ3) is 5.17. The molecule has 1 aromatic heterocycles. The summed E-state index contributed by atoms with van der Waals surface area (Å²) < 4.78 is 0. The Labute approximate surface area is 187 Å². The topological polar surface area (TPSA) is 122 Å². The van der Waals surface area contributed by atoms with E-state index in [2.05, 4.69) is 21.4 Å². The molecule has 0 bridgehead atoms. The lowest BCUT2D eigenvalue weighted by Gasteiger charge is -2.18. The number of carbonyl (C=O) groups excluding carboxylic acids is 1. The van der Waals surface area contributed by atoms with Crippen molar-refractivity contribution in [3.05, 3.63) is 86.3 Å². The number of anilines is 1. The maximum atomic E-state index is 13.2. The van der Waals surface area contributed by atoms with Crippen molar-refractivity contribution in [1.29, 1.82) is 5.26 Å². The lowest BCUT2D eigenvalue weighted by molar-refractivity contribution is -0.384. The fourth-order valence-electron chi connectivity index (χ4n) is 2.85. The summed E-state index contributed by atoms with van der Waals surface area (Å²) in [6.07, 6.45) is 0. The van der Waals surface area contributed by atoms with Gasteiger partial charge in [0, 0.05) is 11.8 Å². The van der Waals surface area contributed by atoms with Gasteiger partial charge in [-0.3, -0.25) is 14.9 Å². The molecule has 0 aliphatic carbocycles. The van der Waals surface area contributed by atoms with Crippen LogP contribution < -0.4 is 5.32 Å². The first-order chi connectivity index (χ1) is 14.8. The Morgan fingerprint density at radius 2 is 1.94 bits per heavy atom. The molecule has 0 aliphatic rings. The summed E-state index contributed by atoms with van der Waals surface area (Å²) in [4.78, 5) is 32.3. The molecule has 0 fully saturated rings. The van der Waals surface area contributed by atoms with Crippen molar-refractivity contribution in [2.24, 2.45) is 0 Å². The van der Waals surface area contributed by atoms with E-state index < -0.39 is 16.1 Å². The molecule has 1 atom stereocenters. The van der Waals surface area contributed by atoms with Gasteiger partial charge in [0.1, 0.15) is 32.8 Å². The van der Waals surface area contributed by atoms with Crippen LogP contribution in [0.5, 0.6) is 0 Å². The fraction of sp³-hybridized carbons (Fsp3) is 0.143. The molecule has 3 rings (SSSR count). The van der Waals surface area contributed by atoms with Gasteiger partial charge in [-0.05, 0) is 31.5 Å². The van der Waals surface area contributed by atoms with Crippen molar-refractivity contribution in [1.82, 2.24) is 9.97 Å². The zero-order valence-corrected chi connectivity index (χ0v) is 18.1. The lowest BCUT2D eigenvalue weighted by Crippen LogP contribution is -2.19. The highest BCUT2D eigenvalue weighted by molar-refractivity contribution is 8.00. The van der Waals surface area contributed by atoms with Gasteiger partial charge in [0.25, 0.3) is 5.69 Å². The van der Waals surface area contributed by atoms with Crippen LogP contribution in [0.1, 0.15) is 27.9 Å². The molecule has 2 aromatic carbocycles. The third-order valence-electron chi connectivity index (χ3n) is 4.26. The van der Waals surface area contributed by atoms with Crippen LogP contribution in [0.25, 0.3) is 0 Å². The van der Waals surface area contributed by atoms with Crippen LogP contribution >= 0.6 is 23.4 Å². The summed E-state index contributed by atoms with van der Waals surface area (Å²) in [5, 5.41) is 23.0. The third-order valence-corrected chi connectivity index (χ3v) is 5.82. The van der Waals surface area contributed by atoms with Crippen molar-refractivity contribution in [2.75, 3.05) is 5.32 Å². The Bertz CT molecular complexity index is 1200. The average Bonchev–Trinajstić information content (AvgIpc) is 2.73. The number of nitro benzene ring substituents is 1. The lowest BCUT2D eigenvalue weighted by atomic mass is 10.1. The highest BCUT2D eigenvalue weighted by atomic mass is 35.5. The Hall–Kier alpha value is -3.48. The molecule has 0 radical (unpaired) electrons. The highest BCUT2D eigenvalue weighted by Gasteiger charge is 2.26. The number of nitrogens with one attached hydrogen (secondary N) is 1. The first-order valence-corrected chi connectivity index (χ1v) is 10.3. The van der Waals surface area contributed by atoms with Gasteiger partial charge in [-0.2, -0.15) is 5.26 Å². The summed E-state index contributed by atoms with van der Waals surface area (Å²) in [6.45, 7) is 3.42. The van der Waals surface area contributed by atoms with Crippen LogP contribution in [0.4, 0.5) is 11.4 Å². The molecule has 0 aliphatic heterocycles. The molecule has 8 nitrogen and oxygen atoms in total. The summed E-state index contributed by atoms with van der Waals surface area (Å²) in [7, 11) is 0. The molecule has 0 saturated heterocycles. The Morgan fingerprint density at radius 3 is 2.58 bits per heavy atom. The molecule has 156 valence electrons. The number of hydrogen-bond donors (Lipinski definition) is 1. The quantitative estimate of drug-likeness (QED) is 0.241. The molecular weight excluding hydrogens is 438 g/mol. The summed E-state index contributed by atoms with van der Waals surface area (Å²) in [5.41, 5.74) is 1.44. The SMILES string of the molecule is Cc1nc(C)c(C#N)c(SC(C(=O)Nc2ccc(Cl)c([N+](=O)[O-])c2)c2ccccc2)n1. The minimum atomic E-state index is -0.767. The van der Waals surface area contributed by atoms with Gasteiger partial charge >= 0.3 is 0 Å². The molecule has 0 spiro atoms. The number of nitrogens with zero attached hydrogens (tertiary/aromatic N) is 4. The number of hydrogen-bond acceptors (Lipinski definition) is 7. The van der Waals surface area contributed by atoms with Crippen LogP contribution in [-0.4, -0.2) is 20.8 Å². The number of thioether (sulfide) groups is 1. The molecule has 1 unspecified atom stereocenters. The first kappa shape index (κ1) is 22.2. The van der Waals surface area contributed by atoms with Gasteiger partial charge in [-0.1, -0.05) is 53.7 Å². The van der Waals surface area contributed by atoms with Crippen LogP contribution in [0.15, 0.2) is 53.6 Å². The van der Waals surface area contributed by atoms with Crippen molar-refractivity contribution in [3.8, 4) is 6.07 Å². The normalized spacial score (nSPS) is 11.4. The van der Waals surface area contributed by atoms with E-state index in [0.29, 0.717) is 27.7 Å². The van der Waals surface area contributed by atoms with Crippen LogP contribution in [0.2, 0.25) is 5.02 Å². The second-order valence-electron chi connectivity index (χ2n) is 6.47. The largest absolute Gasteiger partial charge is 0.325 e. The smallest absolute Gasteiger partial charge is 0.289 e. The number of nitro groups is 1. The summed E-state index contributed by atoms with van der Waals surface area (Å²) in [5.74, 6) is 0.0603. The molecular formula is C21H16ClN5O3S. The van der Waals surface area contributed by atoms with E-state index in [-0.39, 0.29) is 16.4 Å². The molecule has 10 heteroatoms. The molecule has 1 N–H and O–H groups in total. The molecule has 31 heavy (non-hydrogen) atoms. The van der Waals surface area contributed by atoms with Gasteiger partial charge in [0.05, 0.1) is 10.6 Å². The number of nitriles is 1. The van der Waals surface area contributed by atoms with E-state index in [9.17, 15) is 20.2 Å². The predicted molar refractivity (Wildman–Crippen MR) is 118 cm³/mol. The summed E-state index contributed by atoms with van der Waals surface area (Å²) >= 11 is 6.97. The van der Waals surface area contributed by atoms with Crippen LogP contribution in [0.3, 0.4) is 0 Å². The first-order valence-electron chi connectivity index (χ1n) is 9.02. The van der Waals surface area contributed by atoms with Crippen molar-refractivity contribution in [3.63, 3.8) is 0 Å². The Kier molecular flexibility index (Phi) is 6.84. The van der Waals surface area contributed by atoms with E-state index in [4.69, 9.17) is 11.6 Å². The van der Waals surface area contributed by atoms with Crippen molar-refractivity contribution in [2.45, 2.75) is 24.1 Å². The standard InChI is InChI=1S/C21H16ClN5O3S/c1-12-16(11-23)21(25-13(2)24-12)31-19(14-6-4-3-5-7-14)20(28)26-15-8-9-17(22)18(10-15)27(29)30/h3-10,19H,1-2H3,(H,26,28). The number of benzene rings is 2. The number of aromatic nitrogens is 2. The van der Waals surface area contributed by atoms with Gasteiger partial charge in [-0.15, -0.1) is 0 Å². The van der Waals surface area contributed by atoms with E-state index >= 15 is 0 Å². The number of carbonyl (C=O) groups is 1. The zero-order valence-electron chi connectivity index (χ0n) is 16.5. The number of halogens is 1. The average molecular weight is 454 g/mol. The maximum Gasteiger partial charge on any atom is 0.289 e. The minimum Gasteiger partial charge on any atom is -0.325 e. The van der Waals surface area contributed by atoms with Crippen LogP contribution in [-0.2, 0) is 4.79 Å². The maximum absolute atomic E-state index is 13.2. The fourth-order valence-corrected chi connectivity index (χ4v) is 4.21. The molecule has 0 saturated carbocycles. The number of amides is 1. The highest BCUT2D eigenvalue weighted by Crippen LogP contribution is 2.38. The molecule has 1 amide bonds. The molecule has 1 heterocycles. The van der Waals surface area contributed by atoms with E-state index in [0.717, 1.165) is 11.8 Å².